The molecule has 3 unspecified atom stereocenters. The van der Waals surface area contributed by atoms with Gasteiger partial charge in [0.05, 0.1) is 11.2 Å². The van der Waals surface area contributed by atoms with Gasteiger partial charge in [-0.1, -0.05) is 36.4 Å². The zero-order valence-electron chi connectivity index (χ0n) is 19.0. The standard InChI is InChI=1S/C27H33F3N2O/c28-27(29,30)24-9-5-21(6-10-24)17-32-18-22-11-13-26(33,25(22)19-32)23-7-3-20(4-8-23)12-16-31-14-1-2-15-31/h3-10,22,25,33H,1-2,11-19H2. The van der Waals surface area contributed by atoms with E-state index in [1.165, 1.54) is 31.5 Å². The smallest absolute Gasteiger partial charge is 0.385 e. The molecule has 3 nitrogen and oxygen atoms in total. The molecular weight excluding hydrogens is 425 g/mol. The average molecular weight is 459 g/mol. The van der Waals surface area contributed by atoms with Crippen molar-refractivity contribution < 1.29 is 18.3 Å². The molecule has 0 spiro atoms. The van der Waals surface area contributed by atoms with Crippen LogP contribution in [-0.2, 0) is 24.7 Å². The van der Waals surface area contributed by atoms with E-state index >= 15 is 0 Å². The Hall–Kier alpha value is -1.89. The summed E-state index contributed by atoms with van der Waals surface area (Å²) < 4.78 is 38.5. The summed E-state index contributed by atoms with van der Waals surface area (Å²) in [6.07, 6.45) is 1.13. The molecule has 3 fully saturated rings. The van der Waals surface area contributed by atoms with Crippen molar-refractivity contribution in [3.63, 3.8) is 0 Å². The van der Waals surface area contributed by atoms with Crippen LogP contribution in [0.5, 0.6) is 0 Å². The van der Waals surface area contributed by atoms with Gasteiger partial charge in [-0.25, -0.2) is 0 Å². The predicted octanol–water partition coefficient (Wildman–Crippen LogP) is 5.07. The van der Waals surface area contributed by atoms with E-state index in [1.807, 2.05) is 0 Å². The van der Waals surface area contributed by atoms with Gasteiger partial charge in [0.15, 0.2) is 0 Å². The number of alkyl halides is 3. The van der Waals surface area contributed by atoms with Crippen LogP contribution in [0.1, 0.15) is 47.9 Å². The first-order valence-corrected chi connectivity index (χ1v) is 12.2. The molecule has 0 radical (unpaired) electrons. The Bertz CT molecular complexity index is 937. The second kappa shape index (κ2) is 9.05. The van der Waals surface area contributed by atoms with Crippen LogP contribution in [0.15, 0.2) is 48.5 Å². The van der Waals surface area contributed by atoms with Crippen molar-refractivity contribution in [2.75, 3.05) is 32.7 Å². The molecule has 2 saturated heterocycles. The van der Waals surface area contributed by atoms with Gasteiger partial charge in [0.25, 0.3) is 0 Å². The number of halogens is 3. The van der Waals surface area contributed by atoms with Gasteiger partial charge in [-0.3, -0.25) is 4.90 Å². The lowest BCUT2D eigenvalue weighted by Crippen LogP contribution is -2.34. The molecule has 3 aliphatic rings. The van der Waals surface area contributed by atoms with E-state index in [2.05, 4.69) is 34.1 Å². The molecule has 178 valence electrons. The number of nitrogens with zero attached hydrogens (tertiary/aromatic N) is 2. The Morgan fingerprint density at radius 1 is 0.879 bits per heavy atom. The van der Waals surface area contributed by atoms with Gasteiger partial charge in [-0.15, -0.1) is 0 Å². The lowest BCUT2D eigenvalue weighted by Gasteiger charge is -2.31. The molecule has 0 aromatic heterocycles. The molecule has 0 amide bonds. The summed E-state index contributed by atoms with van der Waals surface area (Å²) >= 11 is 0. The molecule has 0 bridgehead atoms. The van der Waals surface area contributed by atoms with Crippen LogP contribution in [0.4, 0.5) is 13.2 Å². The van der Waals surface area contributed by atoms with E-state index in [1.54, 1.807) is 12.1 Å². The summed E-state index contributed by atoms with van der Waals surface area (Å²) in [4.78, 5) is 4.80. The van der Waals surface area contributed by atoms with Crippen LogP contribution in [0.2, 0.25) is 0 Å². The summed E-state index contributed by atoms with van der Waals surface area (Å²) in [6, 6.07) is 14.0. The maximum absolute atomic E-state index is 12.8. The number of fused-ring (bicyclic) bond motifs is 1. The van der Waals surface area contributed by atoms with Crippen LogP contribution in [-0.4, -0.2) is 47.6 Å². The Balaban J connectivity index is 1.21. The Morgan fingerprint density at radius 2 is 1.55 bits per heavy atom. The number of aliphatic hydroxyl groups is 1. The summed E-state index contributed by atoms with van der Waals surface area (Å²) in [5, 5.41) is 11.7. The molecule has 1 aliphatic carbocycles. The molecule has 6 heteroatoms. The lowest BCUT2D eigenvalue weighted by atomic mass is 9.82. The molecule has 3 atom stereocenters. The first-order chi connectivity index (χ1) is 15.8. The minimum atomic E-state index is -4.30. The van der Waals surface area contributed by atoms with Gasteiger partial charge in [-0.2, -0.15) is 13.2 Å². The summed E-state index contributed by atoms with van der Waals surface area (Å²) in [5.74, 6) is 0.599. The minimum absolute atomic E-state index is 0.169. The van der Waals surface area contributed by atoms with Crippen LogP contribution < -0.4 is 0 Å². The number of rotatable bonds is 6. The molecule has 2 aromatic rings. The van der Waals surface area contributed by atoms with Crippen molar-refractivity contribution in [2.24, 2.45) is 11.8 Å². The van der Waals surface area contributed by atoms with Gasteiger partial charge >= 0.3 is 6.18 Å². The van der Waals surface area contributed by atoms with E-state index in [0.29, 0.717) is 12.5 Å². The van der Waals surface area contributed by atoms with Crippen molar-refractivity contribution in [1.82, 2.24) is 9.80 Å². The van der Waals surface area contributed by atoms with E-state index in [9.17, 15) is 18.3 Å². The van der Waals surface area contributed by atoms with Crippen molar-refractivity contribution in [2.45, 2.75) is 50.4 Å². The van der Waals surface area contributed by atoms with Crippen molar-refractivity contribution in [1.29, 1.82) is 0 Å². The Labute approximate surface area is 194 Å². The monoisotopic (exact) mass is 458 g/mol. The van der Waals surface area contributed by atoms with E-state index < -0.39 is 17.3 Å². The van der Waals surface area contributed by atoms with Crippen LogP contribution in [0.3, 0.4) is 0 Å². The van der Waals surface area contributed by atoms with Crippen molar-refractivity contribution >= 4 is 0 Å². The lowest BCUT2D eigenvalue weighted by molar-refractivity contribution is -0.137. The quantitative estimate of drug-likeness (QED) is 0.655. The molecule has 2 heterocycles. The predicted molar refractivity (Wildman–Crippen MR) is 123 cm³/mol. The van der Waals surface area contributed by atoms with Gasteiger partial charge in [-0.05, 0) is 79.9 Å². The number of hydrogen-bond donors (Lipinski definition) is 1. The molecule has 1 N–H and O–H groups in total. The minimum Gasteiger partial charge on any atom is -0.385 e. The SMILES string of the molecule is OC1(c2ccc(CCN3CCCC3)cc2)CCC2CN(Cc3ccc(C(F)(F)F)cc3)CC21. The topological polar surface area (TPSA) is 26.7 Å². The van der Waals surface area contributed by atoms with Gasteiger partial charge in [0, 0.05) is 32.1 Å². The third-order valence-electron chi connectivity index (χ3n) is 8.08. The van der Waals surface area contributed by atoms with Crippen LogP contribution in [0, 0.1) is 11.8 Å². The average Bonchev–Trinajstić information content (AvgIpc) is 3.52. The van der Waals surface area contributed by atoms with Crippen LogP contribution in [0.25, 0.3) is 0 Å². The molecule has 2 aliphatic heterocycles. The third-order valence-corrected chi connectivity index (χ3v) is 8.08. The maximum Gasteiger partial charge on any atom is 0.416 e. The Morgan fingerprint density at radius 3 is 2.21 bits per heavy atom. The number of hydrogen-bond acceptors (Lipinski definition) is 3. The highest BCUT2D eigenvalue weighted by Crippen LogP contribution is 2.50. The highest BCUT2D eigenvalue weighted by molar-refractivity contribution is 5.30. The van der Waals surface area contributed by atoms with Crippen LogP contribution >= 0.6 is 0 Å². The maximum atomic E-state index is 12.8. The van der Waals surface area contributed by atoms with E-state index in [4.69, 9.17) is 0 Å². The zero-order valence-corrected chi connectivity index (χ0v) is 19.0. The number of likely N-dealkylation sites (tertiary alicyclic amines) is 2. The van der Waals surface area contributed by atoms with Crippen molar-refractivity contribution in [3.8, 4) is 0 Å². The second-order valence-corrected chi connectivity index (χ2v) is 10.2. The van der Waals surface area contributed by atoms with Crippen molar-refractivity contribution in [3.05, 3.63) is 70.8 Å². The highest BCUT2D eigenvalue weighted by Gasteiger charge is 2.52. The number of benzene rings is 2. The third kappa shape index (κ3) is 4.84. The van der Waals surface area contributed by atoms with E-state index in [-0.39, 0.29) is 5.92 Å². The zero-order chi connectivity index (χ0) is 23.1. The fourth-order valence-electron chi connectivity index (χ4n) is 6.18. The molecule has 5 rings (SSSR count). The molecule has 2 aromatic carbocycles. The fraction of sp³-hybridized carbons (Fsp3) is 0.556. The first kappa shape index (κ1) is 22.9. The summed E-state index contributed by atoms with van der Waals surface area (Å²) in [7, 11) is 0. The molecule has 33 heavy (non-hydrogen) atoms. The van der Waals surface area contributed by atoms with Gasteiger partial charge in [0.2, 0.25) is 0 Å². The summed E-state index contributed by atoms with van der Waals surface area (Å²) in [6.45, 7) is 5.82. The largest absolute Gasteiger partial charge is 0.416 e. The van der Waals surface area contributed by atoms with Gasteiger partial charge in [0.1, 0.15) is 0 Å². The normalized spacial score (nSPS) is 28.5. The fourth-order valence-corrected chi connectivity index (χ4v) is 6.18. The van der Waals surface area contributed by atoms with E-state index in [0.717, 1.165) is 62.2 Å². The second-order valence-electron chi connectivity index (χ2n) is 10.2. The molecular formula is C27H33F3N2O. The summed E-state index contributed by atoms with van der Waals surface area (Å²) in [5.41, 5.74) is 1.79. The van der Waals surface area contributed by atoms with Gasteiger partial charge < -0.3 is 10.0 Å². The highest BCUT2D eigenvalue weighted by atomic mass is 19.4. The molecule has 1 saturated carbocycles. The Kier molecular flexibility index (Phi) is 6.27. The first-order valence-electron chi connectivity index (χ1n) is 12.2.